The third-order valence-corrected chi connectivity index (χ3v) is 3.78. The first-order chi connectivity index (χ1) is 11.5. The van der Waals surface area contributed by atoms with Crippen LogP contribution in [-0.4, -0.2) is 54.7 Å². The van der Waals surface area contributed by atoms with E-state index in [0.29, 0.717) is 18.9 Å². The molecule has 134 valence electrons. The summed E-state index contributed by atoms with van der Waals surface area (Å²) in [5, 5.41) is 14.6. The summed E-state index contributed by atoms with van der Waals surface area (Å²) in [6, 6.07) is 8.58. The highest BCUT2D eigenvalue weighted by atomic mass is 16.3. The molecule has 0 saturated heterocycles. The number of aliphatic hydroxyl groups excluding tert-OH is 1. The van der Waals surface area contributed by atoms with Crippen LogP contribution in [0.15, 0.2) is 30.3 Å². The molecule has 1 rings (SSSR count). The van der Waals surface area contributed by atoms with E-state index in [1.165, 1.54) is 0 Å². The van der Waals surface area contributed by atoms with Crippen molar-refractivity contribution in [2.45, 2.75) is 32.7 Å². The van der Waals surface area contributed by atoms with E-state index in [1.54, 1.807) is 11.9 Å². The van der Waals surface area contributed by atoms with Crippen molar-refractivity contribution < 1.29 is 14.7 Å². The zero-order valence-electron chi connectivity index (χ0n) is 14.8. The van der Waals surface area contributed by atoms with E-state index in [4.69, 9.17) is 0 Å². The van der Waals surface area contributed by atoms with Crippen LogP contribution in [0.5, 0.6) is 0 Å². The van der Waals surface area contributed by atoms with Gasteiger partial charge in [0.2, 0.25) is 5.91 Å². The molecule has 3 amide bonds. The molecular weight excluding hydrogens is 306 g/mol. The van der Waals surface area contributed by atoms with Crippen molar-refractivity contribution >= 4 is 11.9 Å². The number of carbonyl (C=O) groups is 2. The molecule has 3 N–H and O–H groups in total. The predicted octanol–water partition coefficient (Wildman–Crippen LogP) is 1.39. The maximum atomic E-state index is 12.5. The summed E-state index contributed by atoms with van der Waals surface area (Å²) in [6.07, 6.45) is 1.26. The Hall–Kier alpha value is -2.08. The van der Waals surface area contributed by atoms with Gasteiger partial charge < -0.3 is 20.6 Å². The summed E-state index contributed by atoms with van der Waals surface area (Å²) in [7, 11) is 1.55. The molecule has 0 aliphatic carbocycles. The van der Waals surface area contributed by atoms with Crippen LogP contribution in [0.3, 0.4) is 0 Å². The van der Waals surface area contributed by atoms with Crippen LogP contribution >= 0.6 is 0 Å². The van der Waals surface area contributed by atoms with Crippen LogP contribution < -0.4 is 10.6 Å². The summed E-state index contributed by atoms with van der Waals surface area (Å²) >= 11 is 0. The molecule has 6 nitrogen and oxygen atoms in total. The van der Waals surface area contributed by atoms with E-state index in [9.17, 15) is 14.7 Å². The van der Waals surface area contributed by atoms with Gasteiger partial charge in [0.05, 0.1) is 6.61 Å². The minimum Gasteiger partial charge on any atom is -0.395 e. The van der Waals surface area contributed by atoms with E-state index < -0.39 is 6.04 Å². The lowest BCUT2D eigenvalue weighted by Gasteiger charge is -2.26. The SMILES string of the molecule is CNC(=O)[C@H](Cc1ccccc1)NC(=O)N(CCO)CCC(C)C. The van der Waals surface area contributed by atoms with Gasteiger partial charge in [-0.15, -0.1) is 0 Å². The van der Waals surface area contributed by atoms with Gasteiger partial charge in [-0.3, -0.25) is 4.79 Å². The van der Waals surface area contributed by atoms with E-state index in [1.807, 2.05) is 30.3 Å². The second-order valence-electron chi connectivity index (χ2n) is 6.20. The maximum Gasteiger partial charge on any atom is 0.318 e. The van der Waals surface area contributed by atoms with Crippen molar-refractivity contribution in [3.05, 3.63) is 35.9 Å². The molecule has 0 radical (unpaired) electrons. The fourth-order valence-electron chi connectivity index (χ4n) is 2.32. The smallest absolute Gasteiger partial charge is 0.318 e. The Balaban J connectivity index is 2.75. The fourth-order valence-corrected chi connectivity index (χ4v) is 2.32. The fraction of sp³-hybridized carbons (Fsp3) is 0.556. The first-order valence-electron chi connectivity index (χ1n) is 8.39. The van der Waals surface area contributed by atoms with E-state index >= 15 is 0 Å². The molecule has 0 aliphatic rings. The van der Waals surface area contributed by atoms with Crippen LogP contribution in [0.2, 0.25) is 0 Å². The number of nitrogens with zero attached hydrogens (tertiary/aromatic N) is 1. The Morgan fingerprint density at radius 1 is 1.17 bits per heavy atom. The quantitative estimate of drug-likeness (QED) is 0.638. The zero-order chi connectivity index (χ0) is 17.9. The average molecular weight is 335 g/mol. The van der Waals surface area contributed by atoms with Crippen molar-refractivity contribution in [1.29, 1.82) is 0 Å². The van der Waals surface area contributed by atoms with Gasteiger partial charge in [-0.2, -0.15) is 0 Å². The lowest BCUT2D eigenvalue weighted by Crippen LogP contribution is -2.52. The number of benzene rings is 1. The Morgan fingerprint density at radius 3 is 2.38 bits per heavy atom. The van der Waals surface area contributed by atoms with Crippen LogP contribution in [-0.2, 0) is 11.2 Å². The summed E-state index contributed by atoms with van der Waals surface area (Å²) in [4.78, 5) is 26.2. The summed E-state index contributed by atoms with van der Waals surface area (Å²) in [6.45, 7) is 4.87. The van der Waals surface area contributed by atoms with Crippen LogP contribution in [0.25, 0.3) is 0 Å². The van der Waals surface area contributed by atoms with Crippen molar-refractivity contribution in [3.63, 3.8) is 0 Å². The number of carbonyl (C=O) groups excluding carboxylic acids is 2. The number of hydrogen-bond donors (Lipinski definition) is 3. The second kappa shape index (κ2) is 10.6. The van der Waals surface area contributed by atoms with E-state index in [0.717, 1.165) is 12.0 Å². The minimum absolute atomic E-state index is 0.102. The topological polar surface area (TPSA) is 81.7 Å². The Morgan fingerprint density at radius 2 is 1.83 bits per heavy atom. The Labute approximate surface area is 144 Å². The minimum atomic E-state index is -0.648. The van der Waals surface area contributed by atoms with E-state index in [2.05, 4.69) is 24.5 Å². The number of likely N-dealkylation sites (N-methyl/N-ethyl adjacent to an activating group) is 1. The first kappa shape index (κ1) is 20.0. The van der Waals surface area contributed by atoms with E-state index in [-0.39, 0.29) is 25.1 Å². The van der Waals surface area contributed by atoms with Crippen molar-refractivity contribution in [3.8, 4) is 0 Å². The number of amides is 3. The molecule has 0 aromatic heterocycles. The van der Waals surface area contributed by atoms with Gasteiger partial charge >= 0.3 is 6.03 Å². The summed E-state index contributed by atoms with van der Waals surface area (Å²) in [5.74, 6) is 0.220. The van der Waals surface area contributed by atoms with Gasteiger partial charge in [-0.1, -0.05) is 44.2 Å². The monoisotopic (exact) mass is 335 g/mol. The number of rotatable bonds is 9. The number of hydrogen-bond acceptors (Lipinski definition) is 3. The zero-order valence-corrected chi connectivity index (χ0v) is 14.8. The molecule has 0 aliphatic heterocycles. The second-order valence-corrected chi connectivity index (χ2v) is 6.20. The molecule has 24 heavy (non-hydrogen) atoms. The molecule has 0 bridgehead atoms. The predicted molar refractivity (Wildman–Crippen MR) is 94.6 cm³/mol. The van der Waals surface area contributed by atoms with Crippen LogP contribution in [0, 0.1) is 5.92 Å². The lowest BCUT2D eigenvalue weighted by atomic mass is 10.1. The van der Waals surface area contributed by atoms with Gasteiger partial charge in [0.1, 0.15) is 6.04 Å². The highest BCUT2D eigenvalue weighted by molar-refractivity contribution is 5.87. The normalized spacial score (nSPS) is 11.9. The molecule has 0 heterocycles. The number of urea groups is 1. The van der Waals surface area contributed by atoms with Gasteiger partial charge in [0, 0.05) is 26.6 Å². The number of nitrogens with one attached hydrogen (secondary N) is 2. The molecule has 0 unspecified atom stereocenters. The van der Waals surface area contributed by atoms with Gasteiger partial charge in [0.15, 0.2) is 0 Å². The third-order valence-electron chi connectivity index (χ3n) is 3.78. The molecule has 1 atom stereocenters. The Kier molecular flexibility index (Phi) is 8.86. The van der Waals surface area contributed by atoms with Gasteiger partial charge in [-0.05, 0) is 17.9 Å². The molecule has 0 fully saturated rings. The number of aliphatic hydroxyl groups is 1. The average Bonchev–Trinajstić information content (AvgIpc) is 2.57. The molecular formula is C18H29N3O3. The standard InChI is InChI=1S/C18H29N3O3/c1-14(2)9-10-21(11-12-22)18(24)20-16(17(23)19-3)13-15-7-5-4-6-8-15/h4-8,14,16,22H,9-13H2,1-3H3,(H,19,23)(H,20,24)/t16-/m0/s1. The highest BCUT2D eigenvalue weighted by Crippen LogP contribution is 2.06. The maximum absolute atomic E-state index is 12.5. The lowest BCUT2D eigenvalue weighted by molar-refractivity contribution is -0.122. The van der Waals surface area contributed by atoms with Crippen LogP contribution in [0.1, 0.15) is 25.8 Å². The van der Waals surface area contributed by atoms with Gasteiger partial charge in [-0.25, -0.2) is 4.79 Å². The summed E-state index contributed by atoms with van der Waals surface area (Å²) < 4.78 is 0. The summed E-state index contributed by atoms with van der Waals surface area (Å²) in [5.41, 5.74) is 0.974. The van der Waals surface area contributed by atoms with Crippen LogP contribution in [0.4, 0.5) is 4.79 Å². The highest BCUT2D eigenvalue weighted by Gasteiger charge is 2.23. The van der Waals surface area contributed by atoms with Crippen molar-refractivity contribution in [1.82, 2.24) is 15.5 Å². The molecule has 6 heteroatoms. The first-order valence-corrected chi connectivity index (χ1v) is 8.39. The third kappa shape index (κ3) is 7.00. The van der Waals surface area contributed by atoms with Crippen molar-refractivity contribution in [2.75, 3.05) is 26.7 Å². The largest absolute Gasteiger partial charge is 0.395 e. The van der Waals surface area contributed by atoms with Gasteiger partial charge in [0.25, 0.3) is 0 Å². The van der Waals surface area contributed by atoms with Crippen molar-refractivity contribution in [2.24, 2.45) is 5.92 Å². The molecule has 1 aromatic carbocycles. The molecule has 0 saturated carbocycles. The molecule has 1 aromatic rings. The molecule has 0 spiro atoms. The Bertz CT molecular complexity index is 505.